The first-order chi connectivity index (χ1) is 7.82. The third kappa shape index (κ3) is 4.44. The van der Waals surface area contributed by atoms with Gasteiger partial charge in [-0.3, -0.25) is 4.79 Å². The van der Waals surface area contributed by atoms with Crippen molar-refractivity contribution in [1.29, 1.82) is 0 Å². The van der Waals surface area contributed by atoms with Gasteiger partial charge in [-0.05, 0) is 6.92 Å². The minimum atomic E-state index is -0.205. The summed E-state index contributed by atoms with van der Waals surface area (Å²) in [5.74, 6) is -0.0997. The van der Waals surface area contributed by atoms with Gasteiger partial charge in [-0.2, -0.15) is 0 Å². The van der Waals surface area contributed by atoms with Crippen LogP contribution in [0.4, 0.5) is 0 Å². The van der Waals surface area contributed by atoms with E-state index in [9.17, 15) is 4.79 Å². The topological polar surface area (TPSA) is 62.2 Å². The van der Waals surface area contributed by atoms with Gasteiger partial charge < -0.3 is 10.4 Å². The molecule has 1 amide bonds. The maximum Gasteiger partial charge on any atom is 0.226 e. The Hall–Kier alpha value is -0.940. The molecular formula is C12H20N2O2S. The van der Waals surface area contributed by atoms with Crippen molar-refractivity contribution in [2.45, 2.75) is 45.6 Å². The third-order valence-corrected chi connectivity index (χ3v) is 3.53. The fourth-order valence-corrected chi connectivity index (χ4v) is 2.18. The summed E-state index contributed by atoms with van der Waals surface area (Å²) in [6, 6.07) is -0.205. The summed E-state index contributed by atoms with van der Waals surface area (Å²) in [4.78, 5) is 16.0. The smallest absolute Gasteiger partial charge is 0.226 e. The first-order valence-electron chi connectivity index (χ1n) is 5.68. The summed E-state index contributed by atoms with van der Waals surface area (Å²) in [5, 5.41) is 14.5. The first kappa shape index (κ1) is 14.1. The number of aromatic nitrogens is 1. The van der Waals surface area contributed by atoms with Crippen LogP contribution in [-0.2, 0) is 16.6 Å². The van der Waals surface area contributed by atoms with E-state index >= 15 is 0 Å². The molecule has 0 aromatic carbocycles. The minimum Gasteiger partial charge on any atom is -0.394 e. The van der Waals surface area contributed by atoms with Gasteiger partial charge in [0.05, 0.1) is 23.7 Å². The van der Waals surface area contributed by atoms with Crippen molar-refractivity contribution in [3.05, 3.63) is 16.1 Å². The van der Waals surface area contributed by atoms with Crippen LogP contribution in [-0.4, -0.2) is 28.6 Å². The van der Waals surface area contributed by atoms with Crippen LogP contribution < -0.4 is 5.32 Å². The van der Waals surface area contributed by atoms with Crippen LogP contribution in [0.1, 0.15) is 38.4 Å². The molecule has 0 aliphatic rings. The maximum absolute atomic E-state index is 11.6. The third-order valence-electron chi connectivity index (χ3n) is 2.22. The first-order valence-corrected chi connectivity index (χ1v) is 6.56. The zero-order valence-corrected chi connectivity index (χ0v) is 11.6. The van der Waals surface area contributed by atoms with E-state index in [-0.39, 0.29) is 30.4 Å². The van der Waals surface area contributed by atoms with Crippen molar-refractivity contribution in [1.82, 2.24) is 10.3 Å². The molecule has 0 spiro atoms. The van der Waals surface area contributed by atoms with E-state index in [0.717, 1.165) is 10.7 Å². The van der Waals surface area contributed by atoms with E-state index in [0.29, 0.717) is 0 Å². The lowest BCUT2D eigenvalue weighted by molar-refractivity contribution is -0.121. The summed E-state index contributed by atoms with van der Waals surface area (Å²) in [6.45, 7) is 8.02. The number of hydrogen-bond donors (Lipinski definition) is 2. The molecule has 0 saturated heterocycles. The molecule has 1 aromatic rings. The van der Waals surface area contributed by atoms with Gasteiger partial charge in [-0.1, -0.05) is 20.8 Å². The van der Waals surface area contributed by atoms with E-state index in [4.69, 9.17) is 5.11 Å². The zero-order valence-electron chi connectivity index (χ0n) is 10.8. The lowest BCUT2D eigenvalue weighted by atomic mass is 9.98. The molecule has 1 atom stereocenters. The molecule has 0 bridgehead atoms. The molecule has 1 rings (SSSR count). The van der Waals surface area contributed by atoms with Crippen LogP contribution in [0.2, 0.25) is 0 Å². The largest absolute Gasteiger partial charge is 0.394 e. The quantitative estimate of drug-likeness (QED) is 0.857. The van der Waals surface area contributed by atoms with Crippen molar-refractivity contribution >= 4 is 17.2 Å². The molecule has 0 radical (unpaired) electrons. The second-order valence-corrected chi connectivity index (χ2v) is 6.08. The number of thiazole rings is 1. The number of nitrogens with one attached hydrogen (secondary N) is 1. The summed E-state index contributed by atoms with van der Waals surface area (Å²) >= 11 is 1.58. The van der Waals surface area contributed by atoms with Crippen molar-refractivity contribution in [2.24, 2.45) is 0 Å². The summed E-state index contributed by atoms with van der Waals surface area (Å²) in [5.41, 5.74) is 0.820. The molecule has 5 heteroatoms. The van der Waals surface area contributed by atoms with Crippen molar-refractivity contribution in [3.63, 3.8) is 0 Å². The molecule has 2 N–H and O–H groups in total. The molecule has 17 heavy (non-hydrogen) atoms. The number of aliphatic hydroxyl groups excluding tert-OH is 1. The number of carbonyl (C=O) groups excluding carboxylic acids is 1. The van der Waals surface area contributed by atoms with Gasteiger partial charge in [0, 0.05) is 16.8 Å². The Kier molecular flexibility index (Phi) is 4.65. The van der Waals surface area contributed by atoms with E-state index < -0.39 is 0 Å². The normalized spacial score (nSPS) is 13.5. The fourth-order valence-electron chi connectivity index (χ4n) is 1.27. The predicted molar refractivity (Wildman–Crippen MR) is 69.2 cm³/mol. The number of hydrogen-bond acceptors (Lipinski definition) is 4. The molecule has 1 unspecified atom stereocenters. The van der Waals surface area contributed by atoms with Crippen LogP contribution >= 0.6 is 11.3 Å². The highest BCUT2D eigenvalue weighted by atomic mass is 32.1. The van der Waals surface area contributed by atoms with Gasteiger partial charge in [-0.15, -0.1) is 11.3 Å². The highest BCUT2D eigenvalue weighted by molar-refractivity contribution is 7.09. The van der Waals surface area contributed by atoms with E-state index in [1.54, 1.807) is 18.3 Å². The Balaban J connectivity index is 2.58. The Bertz CT molecular complexity index is 382. The van der Waals surface area contributed by atoms with Gasteiger partial charge >= 0.3 is 0 Å². The number of aliphatic hydroxyl groups is 1. The van der Waals surface area contributed by atoms with Crippen molar-refractivity contribution in [3.8, 4) is 0 Å². The summed E-state index contributed by atoms with van der Waals surface area (Å²) in [6.07, 6.45) is 0.275. The fraction of sp³-hybridized carbons (Fsp3) is 0.667. The second-order valence-electron chi connectivity index (χ2n) is 5.22. The van der Waals surface area contributed by atoms with E-state index in [1.807, 2.05) is 5.38 Å². The number of carbonyl (C=O) groups is 1. The molecule has 0 aliphatic carbocycles. The summed E-state index contributed by atoms with van der Waals surface area (Å²) < 4.78 is 0. The lowest BCUT2D eigenvalue weighted by Gasteiger charge is -2.13. The average Bonchev–Trinajstić information content (AvgIpc) is 2.65. The Morgan fingerprint density at radius 2 is 2.24 bits per heavy atom. The van der Waals surface area contributed by atoms with E-state index in [2.05, 4.69) is 31.1 Å². The molecule has 4 nitrogen and oxygen atoms in total. The maximum atomic E-state index is 11.6. The molecule has 1 heterocycles. The van der Waals surface area contributed by atoms with Crippen LogP contribution in [0.5, 0.6) is 0 Å². The molecule has 0 fully saturated rings. The lowest BCUT2D eigenvalue weighted by Crippen LogP contribution is -2.36. The molecule has 0 aliphatic heterocycles. The highest BCUT2D eigenvalue weighted by Gasteiger charge is 2.18. The Labute approximate surface area is 106 Å². The summed E-state index contributed by atoms with van der Waals surface area (Å²) in [7, 11) is 0. The predicted octanol–water partition coefficient (Wildman–Crippen LogP) is 1.48. The van der Waals surface area contributed by atoms with E-state index in [1.165, 1.54) is 0 Å². The van der Waals surface area contributed by atoms with Gasteiger partial charge in [0.25, 0.3) is 0 Å². The molecule has 0 saturated carbocycles. The monoisotopic (exact) mass is 256 g/mol. The average molecular weight is 256 g/mol. The number of rotatable bonds is 4. The van der Waals surface area contributed by atoms with Crippen LogP contribution in [0, 0.1) is 0 Å². The SMILES string of the molecule is CC(CO)NC(=O)Cc1csc(C(C)(C)C)n1. The highest BCUT2D eigenvalue weighted by Crippen LogP contribution is 2.25. The van der Waals surface area contributed by atoms with Gasteiger partial charge in [0.2, 0.25) is 5.91 Å². The molecule has 1 aromatic heterocycles. The van der Waals surface area contributed by atoms with Crippen molar-refractivity contribution in [2.75, 3.05) is 6.61 Å². The van der Waals surface area contributed by atoms with Crippen LogP contribution in [0.25, 0.3) is 0 Å². The van der Waals surface area contributed by atoms with Gasteiger partial charge in [0.15, 0.2) is 0 Å². The zero-order chi connectivity index (χ0) is 13.1. The van der Waals surface area contributed by atoms with Crippen molar-refractivity contribution < 1.29 is 9.90 Å². The molecule has 96 valence electrons. The minimum absolute atomic E-state index is 0.0256. The van der Waals surface area contributed by atoms with Crippen LogP contribution in [0.3, 0.4) is 0 Å². The number of nitrogens with zero attached hydrogens (tertiary/aromatic N) is 1. The molecular weight excluding hydrogens is 236 g/mol. The number of amides is 1. The van der Waals surface area contributed by atoms with Crippen LogP contribution in [0.15, 0.2) is 5.38 Å². The van der Waals surface area contributed by atoms with Gasteiger partial charge in [0.1, 0.15) is 0 Å². The Morgan fingerprint density at radius 1 is 1.59 bits per heavy atom. The van der Waals surface area contributed by atoms with Gasteiger partial charge in [-0.25, -0.2) is 4.98 Å². The standard InChI is InChI=1S/C12H20N2O2S/c1-8(6-15)13-10(16)5-9-7-17-11(14-9)12(2,3)4/h7-8,15H,5-6H2,1-4H3,(H,13,16). The Morgan fingerprint density at radius 3 is 2.71 bits per heavy atom. The second kappa shape index (κ2) is 5.60.